The van der Waals surface area contributed by atoms with E-state index in [0.717, 1.165) is 23.3 Å². The van der Waals surface area contributed by atoms with Crippen LogP contribution in [-0.2, 0) is 0 Å². The summed E-state index contributed by atoms with van der Waals surface area (Å²) in [4.78, 5) is 10.7. The van der Waals surface area contributed by atoms with Gasteiger partial charge in [0, 0.05) is 19.0 Å². The van der Waals surface area contributed by atoms with Crippen LogP contribution in [0, 0.1) is 5.41 Å². The van der Waals surface area contributed by atoms with Crippen LogP contribution >= 0.6 is 11.6 Å². The van der Waals surface area contributed by atoms with Gasteiger partial charge in [0.25, 0.3) is 0 Å². The molecule has 1 aromatic heterocycles. The van der Waals surface area contributed by atoms with Gasteiger partial charge in [0.2, 0.25) is 5.28 Å². The smallest absolute Gasteiger partial charge is 0.224 e. The maximum Gasteiger partial charge on any atom is 0.224 e. The van der Waals surface area contributed by atoms with Crippen molar-refractivity contribution in [3.8, 4) is 0 Å². The van der Waals surface area contributed by atoms with Crippen molar-refractivity contribution in [2.75, 3.05) is 18.5 Å². The minimum absolute atomic E-state index is 0.202. The van der Waals surface area contributed by atoms with Crippen LogP contribution < -0.4 is 4.90 Å². The van der Waals surface area contributed by atoms with Gasteiger partial charge in [-0.25, -0.2) is 4.98 Å². The molecule has 1 heterocycles. The third kappa shape index (κ3) is 2.91. The van der Waals surface area contributed by atoms with Crippen LogP contribution in [0.4, 0.5) is 5.82 Å². The molecule has 1 aromatic carbocycles. The molecule has 3 nitrogen and oxygen atoms in total. The van der Waals surface area contributed by atoms with Gasteiger partial charge in [0.15, 0.2) is 0 Å². The standard InChI is InChI=1S/C14H18ClN3/c1-14(2,3)9-18(4)12-10-7-5-6-8-11(10)16-13(15)17-12/h5-8H,9H2,1-4H3. The second-order valence-corrected chi connectivity index (χ2v) is 6.09. The van der Waals surface area contributed by atoms with Crippen molar-refractivity contribution in [3.05, 3.63) is 29.5 Å². The average molecular weight is 264 g/mol. The van der Waals surface area contributed by atoms with Crippen LogP contribution in [0.1, 0.15) is 20.8 Å². The van der Waals surface area contributed by atoms with Gasteiger partial charge in [-0.05, 0) is 29.1 Å². The minimum atomic E-state index is 0.202. The van der Waals surface area contributed by atoms with Crippen molar-refractivity contribution in [3.63, 3.8) is 0 Å². The molecule has 2 aromatic rings. The molecule has 0 saturated heterocycles. The molecule has 18 heavy (non-hydrogen) atoms. The molecule has 4 heteroatoms. The molecule has 0 radical (unpaired) electrons. The molecule has 96 valence electrons. The molecule has 0 aliphatic carbocycles. The Morgan fingerprint density at radius 1 is 1.17 bits per heavy atom. The first-order chi connectivity index (χ1) is 8.37. The number of hydrogen-bond acceptors (Lipinski definition) is 3. The Balaban J connectivity index is 2.49. The Morgan fingerprint density at radius 2 is 1.83 bits per heavy atom. The topological polar surface area (TPSA) is 29.0 Å². The molecule has 0 bridgehead atoms. The second kappa shape index (κ2) is 4.73. The molecule has 2 rings (SSSR count). The summed E-state index contributed by atoms with van der Waals surface area (Å²) in [6.07, 6.45) is 0. The van der Waals surface area contributed by atoms with Crippen LogP contribution in [0.3, 0.4) is 0 Å². The zero-order chi connectivity index (χ0) is 13.3. The Hall–Kier alpha value is -1.35. The second-order valence-electron chi connectivity index (χ2n) is 5.75. The van der Waals surface area contributed by atoms with Gasteiger partial charge in [-0.1, -0.05) is 32.9 Å². The van der Waals surface area contributed by atoms with Gasteiger partial charge < -0.3 is 4.90 Å². The number of aromatic nitrogens is 2. The maximum atomic E-state index is 5.99. The fourth-order valence-corrected chi connectivity index (χ4v) is 2.28. The number of rotatable bonds is 2. The number of halogens is 1. The summed E-state index contributed by atoms with van der Waals surface area (Å²) in [6.45, 7) is 7.52. The number of hydrogen-bond donors (Lipinski definition) is 0. The lowest BCUT2D eigenvalue weighted by atomic mass is 9.96. The van der Waals surface area contributed by atoms with Gasteiger partial charge in [-0.15, -0.1) is 0 Å². The number of para-hydroxylation sites is 1. The van der Waals surface area contributed by atoms with Crippen molar-refractivity contribution in [1.82, 2.24) is 9.97 Å². The SMILES string of the molecule is CN(CC(C)(C)C)c1nc(Cl)nc2ccccc12. The van der Waals surface area contributed by atoms with Crippen LogP contribution in [0.2, 0.25) is 5.28 Å². The predicted molar refractivity (Wildman–Crippen MR) is 77.3 cm³/mol. The van der Waals surface area contributed by atoms with Crippen molar-refractivity contribution in [1.29, 1.82) is 0 Å². The third-order valence-electron chi connectivity index (χ3n) is 2.63. The summed E-state index contributed by atoms with van der Waals surface area (Å²) in [6, 6.07) is 7.94. The summed E-state index contributed by atoms with van der Waals surface area (Å²) in [7, 11) is 2.04. The minimum Gasteiger partial charge on any atom is -0.358 e. The Kier molecular flexibility index (Phi) is 3.44. The van der Waals surface area contributed by atoms with E-state index in [0.29, 0.717) is 5.28 Å². The quantitative estimate of drug-likeness (QED) is 0.773. The molecule has 0 spiro atoms. The monoisotopic (exact) mass is 263 g/mol. The van der Waals surface area contributed by atoms with Gasteiger partial charge in [0.1, 0.15) is 5.82 Å². The van der Waals surface area contributed by atoms with Gasteiger partial charge in [0.05, 0.1) is 5.52 Å². The molecule has 0 atom stereocenters. The number of nitrogens with zero attached hydrogens (tertiary/aromatic N) is 3. The van der Waals surface area contributed by atoms with Gasteiger partial charge in [-0.3, -0.25) is 0 Å². The fraction of sp³-hybridized carbons (Fsp3) is 0.429. The van der Waals surface area contributed by atoms with E-state index in [-0.39, 0.29) is 5.41 Å². The summed E-state index contributed by atoms with van der Waals surface area (Å²) < 4.78 is 0. The van der Waals surface area contributed by atoms with E-state index in [1.807, 2.05) is 31.3 Å². The normalized spacial score (nSPS) is 11.8. The Labute approximate surface area is 113 Å². The van der Waals surface area contributed by atoms with E-state index in [2.05, 4.69) is 35.6 Å². The van der Waals surface area contributed by atoms with E-state index in [1.54, 1.807) is 0 Å². The summed E-state index contributed by atoms with van der Waals surface area (Å²) in [5.41, 5.74) is 1.08. The first kappa shape index (κ1) is 13.1. The highest BCUT2D eigenvalue weighted by Gasteiger charge is 2.17. The predicted octanol–water partition coefficient (Wildman–Crippen LogP) is 3.77. The lowest BCUT2D eigenvalue weighted by molar-refractivity contribution is 0.418. The van der Waals surface area contributed by atoms with Crippen molar-refractivity contribution < 1.29 is 0 Å². The van der Waals surface area contributed by atoms with E-state index >= 15 is 0 Å². The summed E-state index contributed by atoms with van der Waals surface area (Å²) >= 11 is 5.99. The maximum absolute atomic E-state index is 5.99. The highest BCUT2D eigenvalue weighted by molar-refractivity contribution is 6.28. The number of fused-ring (bicyclic) bond motifs is 1. The average Bonchev–Trinajstić information content (AvgIpc) is 2.25. The largest absolute Gasteiger partial charge is 0.358 e. The fourth-order valence-electron chi connectivity index (χ4n) is 2.11. The highest BCUT2D eigenvalue weighted by atomic mass is 35.5. The number of anilines is 1. The molecular weight excluding hydrogens is 246 g/mol. The third-order valence-corrected chi connectivity index (χ3v) is 2.80. The molecule has 0 fully saturated rings. The highest BCUT2D eigenvalue weighted by Crippen LogP contribution is 2.26. The van der Waals surface area contributed by atoms with E-state index in [9.17, 15) is 0 Å². The van der Waals surface area contributed by atoms with Crippen LogP contribution in [0.15, 0.2) is 24.3 Å². The van der Waals surface area contributed by atoms with Gasteiger partial charge >= 0.3 is 0 Å². The molecule has 0 amide bonds. The molecule has 0 unspecified atom stereocenters. The summed E-state index contributed by atoms with van der Waals surface area (Å²) in [5, 5.41) is 1.33. The molecule has 0 saturated carbocycles. The first-order valence-corrected chi connectivity index (χ1v) is 6.38. The van der Waals surface area contributed by atoms with E-state index in [1.165, 1.54) is 0 Å². The summed E-state index contributed by atoms with van der Waals surface area (Å²) in [5.74, 6) is 0.889. The molecular formula is C14H18ClN3. The van der Waals surface area contributed by atoms with E-state index in [4.69, 9.17) is 11.6 Å². The lowest BCUT2D eigenvalue weighted by Gasteiger charge is -2.28. The zero-order valence-corrected chi connectivity index (χ0v) is 12.0. The first-order valence-electron chi connectivity index (χ1n) is 6.00. The Bertz CT molecular complexity index is 560. The van der Waals surface area contributed by atoms with Crippen molar-refractivity contribution in [2.24, 2.45) is 5.41 Å². The van der Waals surface area contributed by atoms with Crippen LogP contribution in [-0.4, -0.2) is 23.6 Å². The van der Waals surface area contributed by atoms with E-state index < -0.39 is 0 Å². The van der Waals surface area contributed by atoms with Crippen LogP contribution in [0.5, 0.6) is 0 Å². The Morgan fingerprint density at radius 3 is 2.50 bits per heavy atom. The molecule has 0 aliphatic heterocycles. The molecule has 0 aliphatic rings. The van der Waals surface area contributed by atoms with Crippen LogP contribution in [0.25, 0.3) is 10.9 Å². The van der Waals surface area contributed by atoms with Crippen molar-refractivity contribution >= 4 is 28.3 Å². The van der Waals surface area contributed by atoms with Crippen molar-refractivity contribution in [2.45, 2.75) is 20.8 Å². The lowest BCUT2D eigenvalue weighted by Crippen LogP contribution is -2.30. The molecule has 0 N–H and O–H groups in total. The van der Waals surface area contributed by atoms with Gasteiger partial charge in [-0.2, -0.15) is 4.98 Å². The number of benzene rings is 1. The zero-order valence-electron chi connectivity index (χ0n) is 11.2.